The number of rotatable bonds is 4. The summed E-state index contributed by atoms with van der Waals surface area (Å²) in [5, 5.41) is 5.60. The van der Waals surface area contributed by atoms with Crippen LogP contribution in [-0.4, -0.2) is 10.8 Å². The normalized spacial score (nSPS) is 13.3. The fourth-order valence-corrected chi connectivity index (χ4v) is 4.24. The number of nitrogens with zero attached hydrogens (tertiary/aromatic N) is 1. The first-order valence-corrected chi connectivity index (χ1v) is 10.1. The average Bonchev–Trinajstić information content (AvgIpc) is 2.76. The lowest BCUT2D eigenvalue weighted by Crippen LogP contribution is -2.26. The number of hydrogen-bond donors (Lipinski definition) is 2. The van der Waals surface area contributed by atoms with E-state index in [2.05, 4.69) is 46.6 Å². The minimum Gasteiger partial charge on any atom is -0.397 e. The summed E-state index contributed by atoms with van der Waals surface area (Å²) in [7, 11) is 0. The van der Waals surface area contributed by atoms with Gasteiger partial charge in [0.15, 0.2) is 0 Å². The van der Waals surface area contributed by atoms with Gasteiger partial charge in [-0.05, 0) is 51.7 Å². The van der Waals surface area contributed by atoms with Gasteiger partial charge in [0.2, 0.25) is 0 Å². The molecular weight excluding hydrogens is 370 g/mol. The van der Waals surface area contributed by atoms with Crippen LogP contribution in [0.15, 0.2) is 84.9 Å². The first-order valence-electron chi connectivity index (χ1n) is 10.1. The zero-order valence-corrected chi connectivity index (χ0v) is 16.6. The third-order valence-corrected chi connectivity index (χ3v) is 5.70. The Hall–Kier alpha value is -3.63. The number of amides is 1. The Morgan fingerprint density at radius 1 is 0.833 bits per heavy atom. The molecule has 0 atom stereocenters. The average molecular weight is 393 g/mol. The van der Waals surface area contributed by atoms with E-state index in [1.165, 1.54) is 27.5 Å². The Kier molecular flexibility index (Phi) is 4.69. The van der Waals surface area contributed by atoms with Crippen molar-refractivity contribution in [2.24, 2.45) is 0 Å². The second kappa shape index (κ2) is 7.65. The maximum Gasteiger partial charge on any atom is 0.255 e. The summed E-state index contributed by atoms with van der Waals surface area (Å²) >= 11 is 0. The van der Waals surface area contributed by atoms with Crippen LogP contribution < -0.4 is 11.1 Å². The van der Waals surface area contributed by atoms with Crippen molar-refractivity contribution in [2.45, 2.75) is 19.6 Å². The maximum atomic E-state index is 12.5. The van der Waals surface area contributed by atoms with Gasteiger partial charge in [-0.3, -0.25) is 9.69 Å². The standard InChI is InChI=1S/C26H23N3O/c27-23-9-1-2-10-24(23)28-26(30)20-13-11-18(12-14-20)15-29-16-21-7-3-5-19-6-4-8-22(17-29)25(19)21/h1-14H,15-17,27H2,(H,28,30). The molecule has 1 aliphatic heterocycles. The van der Waals surface area contributed by atoms with E-state index in [-0.39, 0.29) is 5.91 Å². The second-order valence-corrected chi connectivity index (χ2v) is 7.82. The highest BCUT2D eigenvalue weighted by atomic mass is 16.1. The van der Waals surface area contributed by atoms with Crippen LogP contribution in [0.2, 0.25) is 0 Å². The molecule has 0 unspecified atom stereocenters. The minimum absolute atomic E-state index is 0.155. The SMILES string of the molecule is Nc1ccccc1NC(=O)c1ccc(CN2Cc3cccc4cccc(c34)C2)cc1. The van der Waals surface area contributed by atoms with Crippen LogP contribution in [0.5, 0.6) is 0 Å². The molecule has 1 heterocycles. The van der Waals surface area contributed by atoms with Gasteiger partial charge in [-0.25, -0.2) is 0 Å². The first-order chi connectivity index (χ1) is 14.7. The largest absolute Gasteiger partial charge is 0.397 e. The zero-order valence-electron chi connectivity index (χ0n) is 16.6. The van der Waals surface area contributed by atoms with Crippen molar-refractivity contribution >= 4 is 28.1 Å². The van der Waals surface area contributed by atoms with E-state index in [0.717, 1.165) is 19.6 Å². The van der Waals surface area contributed by atoms with Crippen LogP contribution in [-0.2, 0) is 19.6 Å². The maximum absolute atomic E-state index is 12.5. The molecule has 0 saturated carbocycles. The molecule has 3 N–H and O–H groups in total. The number of nitrogens with one attached hydrogen (secondary N) is 1. The van der Waals surface area contributed by atoms with Gasteiger partial charge in [0.05, 0.1) is 11.4 Å². The van der Waals surface area contributed by atoms with Crippen LogP contribution in [0.25, 0.3) is 10.8 Å². The summed E-state index contributed by atoms with van der Waals surface area (Å²) in [6, 6.07) is 28.2. The van der Waals surface area contributed by atoms with Gasteiger partial charge < -0.3 is 11.1 Å². The van der Waals surface area contributed by atoms with Crippen molar-refractivity contribution in [3.8, 4) is 0 Å². The van der Waals surface area contributed by atoms with Crippen molar-refractivity contribution in [1.29, 1.82) is 0 Å². The van der Waals surface area contributed by atoms with Crippen LogP contribution in [0.3, 0.4) is 0 Å². The molecule has 0 bridgehead atoms. The summed E-state index contributed by atoms with van der Waals surface area (Å²) in [6.45, 7) is 2.71. The van der Waals surface area contributed by atoms with E-state index in [1.807, 2.05) is 36.4 Å². The number of hydrogen-bond acceptors (Lipinski definition) is 3. The molecule has 0 aromatic heterocycles. The summed E-state index contributed by atoms with van der Waals surface area (Å²) < 4.78 is 0. The lowest BCUT2D eigenvalue weighted by molar-refractivity contribution is 0.102. The van der Waals surface area contributed by atoms with Crippen molar-refractivity contribution in [3.05, 3.63) is 107 Å². The molecule has 1 aliphatic rings. The van der Waals surface area contributed by atoms with E-state index in [9.17, 15) is 4.79 Å². The summed E-state index contributed by atoms with van der Waals surface area (Å²) in [6.07, 6.45) is 0. The Labute approximate surface area is 175 Å². The van der Waals surface area contributed by atoms with Gasteiger partial charge in [0, 0.05) is 25.2 Å². The Morgan fingerprint density at radius 3 is 2.17 bits per heavy atom. The van der Waals surface area contributed by atoms with Crippen LogP contribution in [0.4, 0.5) is 11.4 Å². The van der Waals surface area contributed by atoms with Gasteiger partial charge >= 0.3 is 0 Å². The fourth-order valence-electron chi connectivity index (χ4n) is 4.24. The highest BCUT2D eigenvalue weighted by Gasteiger charge is 2.18. The molecule has 0 aliphatic carbocycles. The van der Waals surface area contributed by atoms with E-state index in [0.29, 0.717) is 16.9 Å². The topological polar surface area (TPSA) is 58.4 Å². The van der Waals surface area contributed by atoms with Crippen molar-refractivity contribution < 1.29 is 4.79 Å². The van der Waals surface area contributed by atoms with Gasteiger partial charge in [-0.2, -0.15) is 0 Å². The highest BCUT2D eigenvalue weighted by molar-refractivity contribution is 6.05. The molecule has 4 heteroatoms. The van der Waals surface area contributed by atoms with E-state index in [1.54, 1.807) is 12.1 Å². The predicted octanol–water partition coefficient (Wildman–Crippen LogP) is 5.19. The zero-order chi connectivity index (χ0) is 20.5. The number of carbonyl (C=O) groups is 1. The molecule has 4 nitrogen and oxygen atoms in total. The third-order valence-electron chi connectivity index (χ3n) is 5.70. The predicted molar refractivity (Wildman–Crippen MR) is 122 cm³/mol. The lowest BCUT2D eigenvalue weighted by atomic mass is 9.95. The highest BCUT2D eigenvalue weighted by Crippen LogP contribution is 2.30. The number of nitrogen functional groups attached to an aromatic ring is 1. The lowest BCUT2D eigenvalue weighted by Gasteiger charge is -2.29. The Morgan fingerprint density at radius 2 is 1.50 bits per heavy atom. The quantitative estimate of drug-likeness (QED) is 0.469. The molecule has 0 spiro atoms. The van der Waals surface area contributed by atoms with Crippen molar-refractivity contribution in [1.82, 2.24) is 4.90 Å². The number of benzene rings is 4. The van der Waals surface area contributed by atoms with Crippen LogP contribution in [0, 0.1) is 0 Å². The van der Waals surface area contributed by atoms with Crippen LogP contribution in [0.1, 0.15) is 27.0 Å². The number of para-hydroxylation sites is 2. The molecule has 4 aromatic carbocycles. The van der Waals surface area contributed by atoms with Crippen LogP contribution >= 0.6 is 0 Å². The van der Waals surface area contributed by atoms with Gasteiger partial charge in [-0.1, -0.05) is 60.7 Å². The Bertz CT molecular complexity index is 1190. The molecule has 30 heavy (non-hydrogen) atoms. The van der Waals surface area contributed by atoms with Gasteiger partial charge in [0.1, 0.15) is 0 Å². The fraction of sp³-hybridized carbons (Fsp3) is 0.115. The monoisotopic (exact) mass is 393 g/mol. The number of anilines is 2. The summed E-state index contributed by atoms with van der Waals surface area (Å²) in [4.78, 5) is 15.0. The smallest absolute Gasteiger partial charge is 0.255 e. The van der Waals surface area contributed by atoms with E-state index >= 15 is 0 Å². The summed E-state index contributed by atoms with van der Waals surface area (Å²) in [5.74, 6) is -0.155. The minimum atomic E-state index is -0.155. The number of carbonyl (C=O) groups excluding carboxylic acids is 1. The van der Waals surface area contributed by atoms with E-state index in [4.69, 9.17) is 5.73 Å². The molecule has 0 fully saturated rings. The second-order valence-electron chi connectivity index (χ2n) is 7.82. The third kappa shape index (κ3) is 3.53. The molecule has 0 radical (unpaired) electrons. The molecular formula is C26H23N3O. The first kappa shape index (κ1) is 18.4. The molecule has 5 rings (SSSR count). The Balaban J connectivity index is 1.29. The van der Waals surface area contributed by atoms with Crippen molar-refractivity contribution in [3.63, 3.8) is 0 Å². The van der Waals surface area contributed by atoms with Gasteiger partial charge in [-0.15, -0.1) is 0 Å². The summed E-state index contributed by atoms with van der Waals surface area (Å²) in [5.41, 5.74) is 11.7. The molecule has 148 valence electrons. The van der Waals surface area contributed by atoms with E-state index < -0.39 is 0 Å². The molecule has 4 aromatic rings. The number of nitrogens with two attached hydrogens (primary N) is 1. The molecule has 0 saturated heterocycles. The van der Waals surface area contributed by atoms with Crippen molar-refractivity contribution in [2.75, 3.05) is 11.1 Å². The molecule has 1 amide bonds. The van der Waals surface area contributed by atoms with Gasteiger partial charge in [0.25, 0.3) is 5.91 Å².